The zero-order chi connectivity index (χ0) is 15.8. The zero-order valence-corrected chi connectivity index (χ0v) is 13.9. The average molecular weight is 345 g/mol. The Bertz CT molecular complexity index is 848. The molecule has 0 aromatic heterocycles. The molecule has 23 heavy (non-hydrogen) atoms. The predicted octanol–water partition coefficient (Wildman–Crippen LogP) is 4.14. The fourth-order valence-corrected chi connectivity index (χ4v) is 3.28. The third-order valence-corrected chi connectivity index (χ3v) is 4.72. The van der Waals surface area contributed by atoms with Gasteiger partial charge in [-0.25, -0.2) is 0 Å². The molecule has 0 saturated heterocycles. The summed E-state index contributed by atoms with van der Waals surface area (Å²) < 4.78 is 11.0. The fraction of sp³-hybridized carbons (Fsp3) is 0.176. The molecule has 116 valence electrons. The summed E-state index contributed by atoms with van der Waals surface area (Å²) in [6.45, 7) is 0.255. The summed E-state index contributed by atoms with van der Waals surface area (Å²) in [5.41, 5.74) is 3.86. The number of fused-ring (bicyclic) bond motifs is 2. The van der Waals surface area contributed by atoms with Gasteiger partial charge in [-0.2, -0.15) is 0 Å². The molecule has 2 aliphatic heterocycles. The molecule has 0 aliphatic carbocycles. The molecule has 0 atom stereocenters. The molecule has 2 aliphatic rings. The maximum absolute atomic E-state index is 6.14. The van der Waals surface area contributed by atoms with Gasteiger partial charge < -0.3 is 9.47 Å². The van der Waals surface area contributed by atoms with Crippen molar-refractivity contribution in [2.24, 2.45) is 10.2 Å². The van der Waals surface area contributed by atoms with Gasteiger partial charge in [-0.1, -0.05) is 23.7 Å². The normalized spacial score (nSPS) is 15.6. The van der Waals surface area contributed by atoms with Crippen molar-refractivity contribution >= 4 is 34.1 Å². The zero-order valence-electron chi connectivity index (χ0n) is 12.4. The van der Waals surface area contributed by atoms with Crippen molar-refractivity contribution in [2.75, 3.05) is 13.0 Å². The van der Waals surface area contributed by atoms with E-state index < -0.39 is 0 Å². The molecule has 2 aromatic rings. The molecule has 0 amide bonds. The van der Waals surface area contributed by atoms with Crippen LogP contribution in [-0.2, 0) is 6.42 Å². The largest absolute Gasteiger partial charge is 0.454 e. The SMILES string of the molecule is CSC1=NN=C(c2cccc(Cl)c2)c2cc3c(cc2C1)OCO3. The third-order valence-electron chi connectivity index (χ3n) is 3.79. The Kier molecular flexibility index (Phi) is 3.75. The number of rotatable bonds is 1. The van der Waals surface area contributed by atoms with E-state index in [1.165, 1.54) is 0 Å². The van der Waals surface area contributed by atoms with Gasteiger partial charge in [0.15, 0.2) is 11.5 Å². The Hall–Kier alpha value is -1.98. The summed E-state index contributed by atoms with van der Waals surface area (Å²) in [5.74, 6) is 1.52. The minimum Gasteiger partial charge on any atom is -0.454 e. The van der Waals surface area contributed by atoms with Crippen LogP contribution in [0.4, 0.5) is 0 Å². The quantitative estimate of drug-likeness (QED) is 0.781. The van der Waals surface area contributed by atoms with Gasteiger partial charge >= 0.3 is 0 Å². The minimum atomic E-state index is 0.255. The first-order chi connectivity index (χ1) is 11.2. The van der Waals surface area contributed by atoms with Gasteiger partial charge in [0, 0.05) is 22.6 Å². The molecule has 0 radical (unpaired) electrons. The number of thioether (sulfide) groups is 1. The van der Waals surface area contributed by atoms with Crippen LogP contribution in [0.3, 0.4) is 0 Å². The minimum absolute atomic E-state index is 0.255. The number of hydrogen-bond acceptors (Lipinski definition) is 5. The number of halogens is 1. The van der Waals surface area contributed by atoms with Gasteiger partial charge in [0.25, 0.3) is 0 Å². The summed E-state index contributed by atoms with van der Waals surface area (Å²) in [5, 5.41) is 10.5. The van der Waals surface area contributed by atoms with E-state index in [1.807, 2.05) is 42.7 Å². The summed E-state index contributed by atoms with van der Waals surface area (Å²) >= 11 is 7.74. The van der Waals surface area contributed by atoms with E-state index in [0.29, 0.717) is 5.02 Å². The van der Waals surface area contributed by atoms with Crippen LogP contribution in [0, 0.1) is 0 Å². The monoisotopic (exact) mass is 344 g/mol. The van der Waals surface area contributed by atoms with E-state index in [2.05, 4.69) is 10.2 Å². The summed E-state index contributed by atoms with van der Waals surface area (Å²) in [6, 6.07) is 11.6. The van der Waals surface area contributed by atoms with Crippen molar-refractivity contribution < 1.29 is 9.47 Å². The van der Waals surface area contributed by atoms with E-state index in [9.17, 15) is 0 Å². The molecule has 4 nitrogen and oxygen atoms in total. The van der Waals surface area contributed by atoms with Crippen molar-refractivity contribution in [1.29, 1.82) is 0 Å². The number of ether oxygens (including phenoxy) is 2. The van der Waals surface area contributed by atoms with E-state index in [0.717, 1.165) is 45.4 Å². The summed E-state index contributed by atoms with van der Waals surface area (Å²) in [4.78, 5) is 0. The van der Waals surface area contributed by atoms with E-state index in [1.54, 1.807) is 11.8 Å². The van der Waals surface area contributed by atoms with Gasteiger partial charge in [-0.15, -0.1) is 22.0 Å². The van der Waals surface area contributed by atoms with Gasteiger partial charge in [-0.05, 0) is 36.1 Å². The number of benzene rings is 2. The molecule has 0 unspecified atom stereocenters. The van der Waals surface area contributed by atoms with Crippen LogP contribution < -0.4 is 9.47 Å². The molecule has 0 fully saturated rings. The average Bonchev–Trinajstić information content (AvgIpc) is 2.92. The number of hydrogen-bond donors (Lipinski definition) is 0. The molecule has 4 rings (SSSR count). The van der Waals surface area contributed by atoms with Crippen LogP contribution >= 0.6 is 23.4 Å². The molecule has 0 bridgehead atoms. The predicted molar refractivity (Wildman–Crippen MR) is 94.3 cm³/mol. The summed E-state index contributed by atoms with van der Waals surface area (Å²) in [7, 11) is 0. The molecule has 6 heteroatoms. The second-order valence-corrected chi connectivity index (χ2v) is 6.51. The topological polar surface area (TPSA) is 43.2 Å². The van der Waals surface area contributed by atoms with Crippen molar-refractivity contribution in [3.05, 3.63) is 58.1 Å². The molecule has 0 spiro atoms. The van der Waals surface area contributed by atoms with Crippen LogP contribution in [0.2, 0.25) is 5.02 Å². The molecular weight excluding hydrogens is 332 g/mol. The van der Waals surface area contributed by atoms with Crippen LogP contribution in [-0.4, -0.2) is 23.8 Å². The Labute approximate surface area is 143 Å². The van der Waals surface area contributed by atoms with Crippen LogP contribution in [0.5, 0.6) is 11.5 Å². The highest BCUT2D eigenvalue weighted by molar-refractivity contribution is 8.13. The van der Waals surface area contributed by atoms with Crippen molar-refractivity contribution in [3.63, 3.8) is 0 Å². The lowest BCUT2D eigenvalue weighted by molar-refractivity contribution is 0.174. The lowest BCUT2D eigenvalue weighted by Gasteiger charge is -2.11. The van der Waals surface area contributed by atoms with Crippen molar-refractivity contribution in [2.45, 2.75) is 6.42 Å². The maximum atomic E-state index is 6.14. The van der Waals surface area contributed by atoms with Gasteiger partial charge in [0.05, 0.1) is 5.04 Å². The highest BCUT2D eigenvalue weighted by atomic mass is 35.5. The molecule has 0 N–H and O–H groups in total. The lowest BCUT2D eigenvalue weighted by atomic mass is 9.95. The van der Waals surface area contributed by atoms with Gasteiger partial charge in [0.1, 0.15) is 5.71 Å². The molecule has 0 saturated carbocycles. The van der Waals surface area contributed by atoms with Gasteiger partial charge in [0.2, 0.25) is 6.79 Å². The van der Waals surface area contributed by atoms with E-state index in [4.69, 9.17) is 21.1 Å². The second-order valence-electron chi connectivity index (χ2n) is 5.20. The molecular formula is C17H13ClN2O2S. The second kappa shape index (κ2) is 5.91. The van der Waals surface area contributed by atoms with Gasteiger partial charge in [-0.3, -0.25) is 0 Å². The smallest absolute Gasteiger partial charge is 0.231 e. The Morgan fingerprint density at radius 1 is 1.09 bits per heavy atom. The van der Waals surface area contributed by atoms with E-state index >= 15 is 0 Å². The first-order valence-electron chi connectivity index (χ1n) is 7.12. The standard InChI is InChI=1S/C17H13ClN2O2S/c1-23-16-7-11-6-14-15(22-9-21-14)8-13(11)17(20-19-16)10-3-2-4-12(18)5-10/h2-6,8H,7,9H2,1H3. The third kappa shape index (κ3) is 2.71. The van der Waals surface area contributed by atoms with Crippen LogP contribution in [0.25, 0.3) is 0 Å². The molecule has 2 heterocycles. The van der Waals surface area contributed by atoms with Crippen molar-refractivity contribution in [1.82, 2.24) is 0 Å². The van der Waals surface area contributed by atoms with Crippen LogP contribution in [0.15, 0.2) is 46.6 Å². The van der Waals surface area contributed by atoms with Crippen LogP contribution in [0.1, 0.15) is 16.7 Å². The maximum Gasteiger partial charge on any atom is 0.231 e. The Balaban J connectivity index is 1.91. The highest BCUT2D eigenvalue weighted by Gasteiger charge is 2.23. The molecule has 2 aromatic carbocycles. The first kappa shape index (κ1) is 14.6. The van der Waals surface area contributed by atoms with Crippen molar-refractivity contribution in [3.8, 4) is 11.5 Å². The number of nitrogens with zero attached hydrogens (tertiary/aromatic N) is 2. The lowest BCUT2D eigenvalue weighted by Crippen LogP contribution is -2.07. The highest BCUT2D eigenvalue weighted by Crippen LogP contribution is 2.37. The summed E-state index contributed by atoms with van der Waals surface area (Å²) in [6.07, 6.45) is 2.73. The van der Waals surface area contributed by atoms with E-state index in [-0.39, 0.29) is 6.79 Å². The Morgan fingerprint density at radius 2 is 1.91 bits per heavy atom. The Morgan fingerprint density at radius 3 is 2.70 bits per heavy atom. The first-order valence-corrected chi connectivity index (χ1v) is 8.72. The fourth-order valence-electron chi connectivity index (χ4n) is 2.67.